The van der Waals surface area contributed by atoms with Crippen LogP contribution in [0.4, 0.5) is 0 Å². The number of hydrogen-bond donors (Lipinski definition) is 1. The van der Waals surface area contributed by atoms with Crippen LogP contribution in [-0.4, -0.2) is 84.3 Å². The number of methoxy groups -OCH3 is 1. The molecule has 0 unspecified atom stereocenters. The molecule has 0 aromatic rings. The lowest BCUT2D eigenvalue weighted by atomic mass is 9.83. The van der Waals surface area contributed by atoms with E-state index in [1.165, 1.54) is 13.0 Å². The van der Waals surface area contributed by atoms with Crippen LogP contribution in [0, 0.1) is 5.92 Å². The smallest absolute Gasteiger partial charge is 0.342 e. The first-order valence-electron chi connectivity index (χ1n) is 11.5. The fourth-order valence-electron chi connectivity index (χ4n) is 4.26. The van der Waals surface area contributed by atoms with Gasteiger partial charge in [0, 0.05) is 19.4 Å². The average Bonchev–Trinajstić information content (AvgIpc) is 3.52. The molecule has 2 saturated heterocycles. The van der Waals surface area contributed by atoms with Crippen molar-refractivity contribution in [2.45, 2.75) is 76.8 Å². The third-order valence-electron chi connectivity index (χ3n) is 6.47. The molecule has 0 saturated carbocycles. The maximum atomic E-state index is 13.3. The van der Waals surface area contributed by atoms with Crippen LogP contribution >= 0.6 is 0 Å². The molecule has 0 aromatic heterocycles. The minimum absolute atomic E-state index is 0.116. The number of epoxide rings is 1. The molecule has 2 heterocycles. The molecular weight excluding hydrogens is 492 g/mol. The lowest BCUT2D eigenvalue weighted by molar-refractivity contribution is -0.196. The van der Waals surface area contributed by atoms with Gasteiger partial charge < -0.3 is 33.5 Å². The highest BCUT2D eigenvalue weighted by Crippen LogP contribution is 2.41. The average molecular weight is 523 g/mol. The Morgan fingerprint density at radius 3 is 2.32 bits per heavy atom. The normalized spacial score (nSPS) is 33.9. The number of rotatable bonds is 6. The summed E-state index contributed by atoms with van der Waals surface area (Å²) in [6.07, 6.45) is -3.61. The lowest BCUT2D eigenvalue weighted by Crippen LogP contribution is -2.53. The van der Waals surface area contributed by atoms with Crippen LogP contribution in [0.25, 0.3) is 0 Å². The number of hydrogen-bond acceptors (Lipinski definition) is 12. The summed E-state index contributed by atoms with van der Waals surface area (Å²) in [4.78, 5) is 62.2. The van der Waals surface area contributed by atoms with Crippen LogP contribution < -0.4 is 0 Å². The van der Waals surface area contributed by atoms with Crippen LogP contribution in [0.5, 0.6) is 0 Å². The van der Waals surface area contributed by atoms with Gasteiger partial charge in [-0.15, -0.1) is 0 Å². The Bertz CT molecular complexity index is 1080. The molecule has 1 N–H and O–H groups in total. The first kappa shape index (κ1) is 28.1. The molecule has 0 amide bonds. The Kier molecular flexibility index (Phi) is 7.94. The Balaban J connectivity index is 2.16. The SMILES string of the molecule is C=C1C(=O)O[C@@H]2/C=C(/C)[C@@H]3O[C@@H]3/C=C(/C(=O)OC)[C@H](OC(C)=O)[C@@H](OC(=O)[C@](C)(O)[C@H](C)OC(C)=O)[C@@H]12. The van der Waals surface area contributed by atoms with Crippen molar-refractivity contribution in [2.24, 2.45) is 5.92 Å². The van der Waals surface area contributed by atoms with Crippen LogP contribution in [0.2, 0.25) is 0 Å². The molecule has 0 radical (unpaired) electrons. The molecule has 3 aliphatic rings. The van der Waals surface area contributed by atoms with Gasteiger partial charge in [0.25, 0.3) is 0 Å². The van der Waals surface area contributed by atoms with E-state index >= 15 is 0 Å². The number of ether oxygens (including phenoxy) is 6. The minimum Gasteiger partial charge on any atom is -0.466 e. The first-order valence-corrected chi connectivity index (χ1v) is 11.5. The fraction of sp³-hybridized carbons (Fsp3) is 0.560. The molecule has 37 heavy (non-hydrogen) atoms. The van der Waals surface area contributed by atoms with Crippen LogP contribution in [-0.2, 0) is 52.4 Å². The maximum Gasteiger partial charge on any atom is 0.342 e. The summed E-state index contributed by atoms with van der Waals surface area (Å²) in [5.41, 5.74) is -2.02. The third-order valence-corrected chi connectivity index (χ3v) is 6.47. The van der Waals surface area contributed by atoms with Crippen molar-refractivity contribution in [3.8, 4) is 0 Å². The molecule has 12 heteroatoms. The van der Waals surface area contributed by atoms with E-state index in [1.54, 1.807) is 13.0 Å². The van der Waals surface area contributed by atoms with Gasteiger partial charge in [-0.1, -0.05) is 6.58 Å². The monoisotopic (exact) mass is 522 g/mol. The van der Waals surface area contributed by atoms with E-state index < -0.39 is 78.0 Å². The Hall–Kier alpha value is -3.51. The highest BCUT2D eigenvalue weighted by Gasteiger charge is 2.54. The molecule has 2 fully saturated rings. The number of fused-ring (bicyclic) bond motifs is 2. The zero-order chi connectivity index (χ0) is 27.8. The number of carbonyl (C=O) groups is 5. The van der Waals surface area contributed by atoms with E-state index in [2.05, 4.69) is 6.58 Å². The highest BCUT2D eigenvalue weighted by atomic mass is 16.6. The topological polar surface area (TPSA) is 164 Å². The van der Waals surface area contributed by atoms with Crippen molar-refractivity contribution < 1.29 is 57.5 Å². The largest absolute Gasteiger partial charge is 0.466 e. The molecule has 2 aliphatic heterocycles. The van der Waals surface area contributed by atoms with E-state index in [0.29, 0.717) is 5.57 Å². The second-order valence-electron chi connectivity index (χ2n) is 9.27. The van der Waals surface area contributed by atoms with E-state index in [9.17, 15) is 29.1 Å². The molecule has 12 nitrogen and oxygen atoms in total. The van der Waals surface area contributed by atoms with Crippen molar-refractivity contribution >= 4 is 29.8 Å². The second kappa shape index (κ2) is 10.5. The highest BCUT2D eigenvalue weighted by molar-refractivity contribution is 5.93. The summed E-state index contributed by atoms with van der Waals surface area (Å²) >= 11 is 0. The fourth-order valence-corrected chi connectivity index (χ4v) is 4.26. The predicted molar refractivity (Wildman–Crippen MR) is 122 cm³/mol. The van der Waals surface area contributed by atoms with Gasteiger partial charge >= 0.3 is 29.8 Å². The standard InChI is InChI=1S/C25H30O12/c1-10-8-16-18(11(2)22(28)36-16)21(37-24(30)25(6,31)12(3)33-13(4)26)20(34-14(5)27)15(23(29)32-7)9-17-19(10)35-17/h8-9,12,16-21,31H,2H2,1,3-7H3/b10-8-,15-9+/t12-,16+,17+,18-,19-,20-,21-,25+/m0/s1. The molecule has 0 aromatic carbocycles. The van der Waals surface area contributed by atoms with Gasteiger partial charge in [0.05, 0.1) is 18.6 Å². The maximum absolute atomic E-state index is 13.3. The van der Waals surface area contributed by atoms with Gasteiger partial charge in [-0.3, -0.25) is 9.59 Å². The van der Waals surface area contributed by atoms with E-state index in [-0.39, 0.29) is 11.1 Å². The molecular formula is C25H30O12. The van der Waals surface area contributed by atoms with E-state index in [4.69, 9.17) is 28.4 Å². The van der Waals surface area contributed by atoms with E-state index in [1.807, 2.05) is 0 Å². The summed E-state index contributed by atoms with van der Waals surface area (Å²) in [7, 11) is 1.11. The summed E-state index contributed by atoms with van der Waals surface area (Å²) in [5, 5.41) is 10.9. The quantitative estimate of drug-likeness (QED) is 0.169. The van der Waals surface area contributed by atoms with E-state index in [0.717, 1.165) is 27.9 Å². The van der Waals surface area contributed by atoms with Crippen molar-refractivity contribution in [2.75, 3.05) is 7.11 Å². The third kappa shape index (κ3) is 5.75. The summed E-state index contributed by atoms with van der Waals surface area (Å²) < 4.78 is 32.1. The molecule has 202 valence electrons. The van der Waals surface area contributed by atoms with Gasteiger partial charge in [-0.05, 0) is 38.5 Å². The minimum atomic E-state index is -2.37. The summed E-state index contributed by atoms with van der Waals surface area (Å²) in [5.74, 6) is -5.72. The molecule has 0 spiro atoms. The van der Waals surface area contributed by atoms with Gasteiger partial charge in [-0.25, -0.2) is 14.4 Å². The summed E-state index contributed by atoms with van der Waals surface area (Å²) in [6.45, 7) is 10.0. The Morgan fingerprint density at radius 2 is 1.76 bits per heavy atom. The number of carbonyl (C=O) groups excluding carboxylic acids is 5. The number of esters is 5. The van der Waals surface area contributed by atoms with Crippen LogP contribution in [0.1, 0.15) is 34.6 Å². The van der Waals surface area contributed by atoms with Crippen LogP contribution in [0.15, 0.2) is 35.5 Å². The Labute approximate surface area is 213 Å². The van der Waals surface area contributed by atoms with Crippen molar-refractivity contribution in [1.82, 2.24) is 0 Å². The zero-order valence-electron chi connectivity index (χ0n) is 21.3. The van der Waals surface area contributed by atoms with Gasteiger partial charge in [0.2, 0.25) is 0 Å². The zero-order valence-corrected chi connectivity index (χ0v) is 21.3. The predicted octanol–water partition coefficient (Wildman–Crippen LogP) is 0.457. The lowest BCUT2D eigenvalue weighted by Gasteiger charge is -2.36. The van der Waals surface area contributed by atoms with Crippen molar-refractivity contribution in [1.29, 1.82) is 0 Å². The van der Waals surface area contributed by atoms with Crippen molar-refractivity contribution in [3.63, 3.8) is 0 Å². The van der Waals surface area contributed by atoms with Crippen LogP contribution in [0.3, 0.4) is 0 Å². The summed E-state index contributed by atoms with van der Waals surface area (Å²) in [6, 6.07) is 0. The molecule has 3 rings (SSSR count). The molecule has 1 aliphatic carbocycles. The van der Waals surface area contributed by atoms with Gasteiger partial charge in [-0.2, -0.15) is 0 Å². The molecule has 0 bridgehead atoms. The molecule has 8 atom stereocenters. The second-order valence-corrected chi connectivity index (χ2v) is 9.27. The van der Waals surface area contributed by atoms with Crippen molar-refractivity contribution in [3.05, 3.63) is 35.5 Å². The van der Waals surface area contributed by atoms with Gasteiger partial charge in [0.1, 0.15) is 24.4 Å². The number of aliphatic hydroxyl groups is 1. The first-order chi connectivity index (χ1) is 17.2. The van der Waals surface area contributed by atoms with Gasteiger partial charge in [0.15, 0.2) is 17.8 Å². The Morgan fingerprint density at radius 1 is 1.11 bits per heavy atom.